The average Bonchev–Trinajstić information content (AvgIpc) is 2.55. The van der Waals surface area contributed by atoms with E-state index in [0.717, 1.165) is 5.69 Å². The molecule has 1 fully saturated rings. The minimum Gasteiger partial charge on any atom is -0.367 e. The highest BCUT2D eigenvalue weighted by Crippen LogP contribution is 2.20. The number of nitrogens with zero attached hydrogens (tertiary/aromatic N) is 5. The van der Waals surface area contributed by atoms with Gasteiger partial charge in [-0.05, 0) is 19.1 Å². The van der Waals surface area contributed by atoms with Crippen molar-refractivity contribution >= 4 is 5.91 Å². The van der Waals surface area contributed by atoms with Crippen molar-refractivity contribution in [3.8, 4) is 0 Å². The molecule has 0 aliphatic carbocycles. The zero-order chi connectivity index (χ0) is 14.7. The molecule has 2 aromatic heterocycles. The Morgan fingerprint density at radius 2 is 2.24 bits per heavy atom. The van der Waals surface area contributed by atoms with Gasteiger partial charge in [-0.25, -0.2) is 9.97 Å². The van der Waals surface area contributed by atoms with E-state index in [1.165, 1.54) is 12.4 Å². The van der Waals surface area contributed by atoms with Gasteiger partial charge in [-0.15, -0.1) is 0 Å². The molecule has 1 amide bonds. The van der Waals surface area contributed by atoms with Crippen molar-refractivity contribution in [3.05, 3.63) is 47.8 Å². The maximum atomic E-state index is 12.4. The third-order valence-electron chi connectivity index (χ3n) is 3.29. The molecule has 0 N–H and O–H groups in total. The van der Waals surface area contributed by atoms with Crippen molar-refractivity contribution in [2.24, 2.45) is 0 Å². The van der Waals surface area contributed by atoms with E-state index >= 15 is 0 Å². The van der Waals surface area contributed by atoms with Crippen LogP contribution in [0.2, 0.25) is 0 Å². The Hall–Kier alpha value is -2.41. The van der Waals surface area contributed by atoms with Gasteiger partial charge in [0.1, 0.15) is 6.10 Å². The van der Waals surface area contributed by atoms with Crippen LogP contribution in [0.3, 0.4) is 0 Å². The number of carbonyl (C=O) groups excluding carboxylic acids is 1. The quantitative estimate of drug-likeness (QED) is 0.811. The molecule has 1 aliphatic rings. The van der Waals surface area contributed by atoms with Gasteiger partial charge in [0.2, 0.25) is 0 Å². The molecule has 2 aromatic rings. The van der Waals surface area contributed by atoms with Gasteiger partial charge in [-0.1, -0.05) is 0 Å². The van der Waals surface area contributed by atoms with E-state index in [4.69, 9.17) is 4.74 Å². The summed E-state index contributed by atoms with van der Waals surface area (Å²) in [6.45, 7) is 3.35. The zero-order valence-corrected chi connectivity index (χ0v) is 11.6. The molecule has 21 heavy (non-hydrogen) atoms. The van der Waals surface area contributed by atoms with E-state index in [1.54, 1.807) is 17.2 Å². The van der Waals surface area contributed by atoms with Gasteiger partial charge in [0.05, 0.1) is 31.1 Å². The van der Waals surface area contributed by atoms with Crippen LogP contribution in [0.1, 0.15) is 28.0 Å². The minimum atomic E-state index is -0.294. The Kier molecular flexibility index (Phi) is 3.83. The van der Waals surface area contributed by atoms with E-state index in [9.17, 15) is 4.79 Å². The van der Waals surface area contributed by atoms with Crippen LogP contribution in [-0.2, 0) is 4.74 Å². The predicted octanol–water partition coefficient (Wildman–Crippen LogP) is 0.789. The second-order valence-electron chi connectivity index (χ2n) is 4.80. The second-order valence-corrected chi connectivity index (χ2v) is 4.80. The monoisotopic (exact) mass is 285 g/mol. The lowest BCUT2D eigenvalue weighted by Crippen LogP contribution is -2.42. The highest BCUT2D eigenvalue weighted by molar-refractivity contribution is 5.93. The van der Waals surface area contributed by atoms with Crippen LogP contribution in [0.5, 0.6) is 0 Å². The maximum Gasteiger partial charge on any atom is 0.255 e. The van der Waals surface area contributed by atoms with Crippen LogP contribution in [0, 0.1) is 6.92 Å². The van der Waals surface area contributed by atoms with Crippen molar-refractivity contribution in [1.29, 1.82) is 0 Å². The Balaban J connectivity index is 1.75. The summed E-state index contributed by atoms with van der Waals surface area (Å²) in [5.74, 6) is 0.534. The standard InChI is InChI=1S/C14H15N5O2/c1-10-2-4-15-13(18-10)12-9-19(6-7-21-12)14(20)11-3-5-16-17-8-11/h2-5,8,12H,6-7,9H2,1H3/t12-/m0/s1. The topological polar surface area (TPSA) is 81.1 Å². The zero-order valence-electron chi connectivity index (χ0n) is 11.6. The normalized spacial score (nSPS) is 18.5. The first-order valence-corrected chi connectivity index (χ1v) is 6.71. The maximum absolute atomic E-state index is 12.4. The lowest BCUT2D eigenvalue weighted by Gasteiger charge is -2.32. The molecule has 0 saturated carbocycles. The fourth-order valence-corrected chi connectivity index (χ4v) is 2.21. The Labute approximate surface area is 122 Å². The molecule has 0 spiro atoms. The van der Waals surface area contributed by atoms with Crippen molar-refractivity contribution in [2.75, 3.05) is 19.7 Å². The number of ether oxygens (including phenoxy) is 1. The molecule has 0 radical (unpaired) electrons. The Bertz CT molecular complexity index is 634. The summed E-state index contributed by atoms with van der Waals surface area (Å²) in [5, 5.41) is 7.42. The summed E-state index contributed by atoms with van der Waals surface area (Å²) >= 11 is 0. The van der Waals surface area contributed by atoms with E-state index < -0.39 is 0 Å². The number of carbonyl (C=O) groups is 1. The van der Waals surface area contributed by atoms with E-state index in [-0.39, 0.29) is 12.0 Å². The molecule has 3 heterocycles. The third kappa shape index (κ3) is 3.03. The molecule has 0 bridgehead atoms. The first-order chi connectivity index (χ1) is 10.2. The molecular formula is C14H15N5O2. The molecule has 7 nitrogen and oxygen atoms in total. The number of rotatable bonds is 2. The van der Waals surface area contributed by atoms with Gasteiger partial charge in [-0.3, -0.25) is 4.79 Å². The van der Waals surface area contributed by atoms with Crippen LogP contribution in [0.15, 0.2) is 30.7 Å². The molecule has 7 heteroatoms. The summed E-state index contributed by atoms with van der Waals surface area (Å²) in [5.41, 5.74) is 1.40. The number of hydrogen-bond donors (Lipinski definition) is 0. The van der Waals surface area contributed by atoms with Gasteiger partial charge < -0.3 is 9.64 Å². The molecule has 1 saturated heterocycles. The lowest BCUT2D eigenvalue weighted by molar-refractivity contribution is -0.0269. The molecule has 0 unspecified atom stereocenters. The third-order valence-corrected chi connectivity index (χ3v) is 3.29. The fourth-order valence-electron chi connectivity index (χ4n) is 2.21. The van der Waals surface area contributed by atoms with Crippen molar-refractivity contribution in [3.63, 3.8) is 0 Å². The lowest BCUT2D eigenvalue weighted by atomic mass is 10.2. The summed E-state index contributed by atoms with van der Waals surface area (Å²) in [7, 11) is 0. The molecule has 3 rings (SSSR count). The van der Waals surface area contributed by atoms with Crippen LogP contribution in [0.4, 0.5) is 0 Å². The van der Waals surface area contributed by atoms with Crippen LogP contribution < -0.4 is 0 Å². The SMILES string of the molecule is Cc1ccnc([C@@H]2CN(C(=O)c3ccnnc3)CCO2)n1. The smallest absolute Gasteiger partial charge is 0.255 e. The number of aryl methyl sites for hydroxylation is 1. The predicted molar refractivity (Wildman–Crippen MR) is 73.4 cm³/mol. The minimum absolute atomic E-state index is 0.0779. The largest absolute Gasteiger partial charge is 0.367 e. The van der Waals surface area contributed by atoms with Crippen molar-refractivity contribution in [1.82, 2.24) is 25.1 Å². The summed E-state index contributed by atoms with van der Waals surface area (Å²) in [4.78, 5) is 22.7. The van der Waals surface area contributed by atoms with Crippen LogP contribution in [-0.4, -0.2) is 50.7 Å². The van der Waals surface area contributed by atoms with Crippen LogP contribution in [0.25, 0.3) is 0 Å². The van der Waals surface area contributed by atoms with Gasteiger partial charge >= 0.3 is 0 Å². The number of hydrogen-bond acceptors (Lipinski definition) is 6. The number of amides is 1. The van der Waals surface area contributed by atoms with Gasteiger partial charge in [0.25, 0.3) is 5.91 Å². The molecule has 0 aromatic carbocycles. The van der Waals surface area contributed by atoms with Gasteiger partial charge in [-0.2, -0.15) is 10.2 Å². The first kappa shape index (κ1) is 13.6. The second kappa shape index (κ2) is 5.92. The molecule has 108 valence electrons. The van der Waals surface area contributed by atoms with E-state index in [1.807, 2.05) is 13.0 Å². The van der Waals surface area contributed by atoms with Gasteiger partial charge in [0.15, 0.2) is 5.82 Å². The fraction of sp³-hybridized carbons (Fsp3) is 0.357. The Morgan fingerprint density at radius 3 is 3.00 bits per heavy atom. The summed E-state index contributed by atoms with van der Waals surface area (Å²) in [6, 6.07) is 3.49. The highest BCUT2D eigenvalue weighted by atomic mass is 16.5. The first-order valence-electron chi connectivity index (χ1n) is 6.71. The van der Waals surface area contributed by atoms with Gasteiger partial charge in [0, 0.05) is 18.4 Å². The number of aromatic nitrogens is 4. The molecule has 1 atom stereocenters. The van der Waals surface area contributed by atoms with E-state index in [2.05, 4.69) is 20.2 Å². The van der Waals surface area contributed by atoms with Crippen LogP contribution >= 0.6 is 0 Å². The molecule has 1 aliphatic heterocycles. The Morgan fingerprint density at radius 1 is 1.33 bits per heavy atom. The number of morpholine rings is 1. The van der Waals surface area contributed by atoms with Crippen molar-refractivity contribution in [2.45, 2.75) is 13.0 Å². The van der Waals surface area contributed by atoms with E-state index in [0.29, 0.717) is 31.1 Å². The molecular weight excluding hydrogens is 270 g/mol. The average molecular weight is 285 g/mol. The van der Waals surface area contributed by atoms with Crippen molar-refractivity contribution < 1.29 is 9.53 Å². The summed E-state index contributed by atoms with van der Waals surface area (Å²) < 4.78 is 5.69. The summed E-state index contributed by atoms with van der Waals surface area (Å²) in [6.07, 6.45) is 4.39. The highest BCUT2D eigenvalue weighted by Gasteiger charge is 2.27.